The van der Waals surface area contributed by atoms with Gasteiger partial charge in [-0.3, -0.25) is 9.78 Å². The summed E-state index contributed by atoms with van der Waals surface area (Å²) in [4.78, 5) is 20.2. The molecule has 24 heavy (non-hydrogen) atoms. The molecule has 1 atom stereocenters. The highest BCUT2D eigenvalue weighted by atomic mass is 35.5. The normalized spacial score (nSPS) is 11.8. The number of carbonyl (C=O) groups is 1. The lowest BCUT2D eigenvalue weighted by Gasteiger charge is -2.16. The number of furan rings is 1. The number of nitrogens with one attached hydrogen (secondary N) is 2. The molecule has 0 radical (unpaired) electrons. The fraction of sp³-hybridized carbons (Fsp3) is 0.118. The van der Waals surface area contributed by atoms with Crippen molar-refractivity contribution in [2.75, 3.05) is 10.6 Å². The number of amides is 1. The molecule has 0 saturated carbocycles. The van der Waals surface area contributed by atoms with E-state index in [1.165, 1.54) is 12.5 Å². The maximum absolute atomic E-state index is 12.0. The highest BCUT2D eigenvalue weighted by Crippen LogP contribution is 2.21. The third kappa shape index (κ3) is 3.91. The van der Waals surface area contributed by atoms with E-state index in [9.17, 15) is 4.79 Å². The summed E-state index contributed by atoms with van der Waals surface area (Å²) in [5, 5.41) is 6.35. The van der Waals surface area contributed by atoms with Crippen LogP contribution in [0.25, 0.3) is 0 Å². The number of nitrogens with zero attached hydrogens (tertiary/aromatic N) is 2. The van der Waals surface area contributed by atoms with Crippen LogP contribution in [0.3, 0.4) is 0 Å². The lowest BCUT2D eigenvalue weighted by molar-refractivity contribution is 0.0996. The Morgan fingerprint density at radius 3 is 2.88 bits per heavy atom. The van der Waals surface area contributed by atoms with Gasteiger partial charge in [-0.2, -0.15) is 0 Å². The van der Waals surface area contributed by atoms with Crippen molar-refractivity contribution in [1.29, 1.82) is 0 Å². The number of benzene rings is 1. The second-order valence-electron chi connectivity index (χ2n) is 5.15. The Morgan fingerprint density at radius 1 is 1.25 bits per heavy atom. The summed E-state index contributed by atoms with van der Waals surface area (Å²) >= 11 is 5.84. The fourth-order valence-electron chi connectivity index (χ4n) is 2.20. The summed E-state index contributed by atoms with van der Waals surface area (Å²) < 4.78 is 5.08. The third-order valence-corrected chi connectivity index (χ3v) is 3.54. The molecule has 3 rings (SSSR count). The smallest absolute Gasteiger partial charge is 0.291 e. The molecule has 0 spiro atoms. The zero-order valence-electron chi connectivity index (χ0n) is 12.9. The van der Waals surface area contributed by atoms with Gasteiger partial charge < -0.3 is 15.1 Å². The van der Waals surface area contributed by atoms with Gasteiger partial charge >= 0.3 is 0 Å². The topological polar surface area (TPSA) is 80.0 Å². The molecular formula is C17H15ClN4O2. The maximum Gasteiger partial charge on any atom is 0.291 e. The molecule has 1 amide bonds. The predicted molar refractivity (Wildman–Crippen MR) is 92.2 cm³/mol. The van der Waals surface area contributed by atoms with E-state index in [1.54, 1.807) is 18.3 Å². The largest absolute Gasteiger partial charge is 0.459 e. The monoisotopic (exact) mass is 342 g/mol. The van der Waals surface area contributed by atoms with Gasteiger partial charge in [0.05, 0.1) is 24.7 Å². The second-order valence-corrected chi connectivity index (χ2v) is 5.54. The molecule has 6 nitrogen and oxygen atoms in total. The Bertz CT molecular complexity index is 836. The minimum atomic E-state index is -0.293. The number of rotatable bonds is 5. The van der Waals surface area contributed by atoms with Gasteiger partial charge in [-0.05, 0) is 36.8 Å². The average Bonchev–Trinajstić information content (AvgIpc) is 3.10. The lowest BCUT2D eigenvalue weighted by Crippen LogP contribution is -2.12. The minimum absolute atomic E-state index is 0.0433. The van der Waals surface area contributed by atoms with Gasteiger partial charge in [0.2, 0.25) is 0 Å². The quantitative estimate of drug-likeness (QED) is 0.728. The number of hydrogen-bond acceptors (Lipinski definition) is 5. The Kier molecular flexibility index (Phi) is 4.77. The van der Waals surface area contributed by atoms with Crippen LogP contribution in [-0.2, 0) is 0 Å². The van der Waals surface area contributed by atoms with Gasteiger partial charge in [0.15, 0.2) is 5.76 Å². The summed E-state index contributed by atoms with van der Waals surface area (Å²) in [5.74, 6) is 0.555. The molecule has 0 aliphatic carbocycles. The fourth-order valence-corrected chi connectivity index (χ4v) is 2.35. The van der Waals surface area contributed by atoms with Crippen LogP contribution in [0.1, 0.15) is 29.1 Å². The molecule has 0 fully saturated rings. The molecule has 2 aromatic heterocycles. The number of anilines is 2. The highest BCUT2D eigenvalue weighted by Gasteiger charge is 2.11. The first-order chi connectivity index (χ1) is 11.6. The van der Waals surface area contributed by atoms with Crippen molar-refractivity contribution >= 4 is 29.0 Å². The van der Waals surface area contributed by atoms with Gasteiger partial charge in [0.25, 0.3) is 5.91 Å². The highest BCUT2D eigenvalue weighted by molar-refractivity contribution is 6.29. The van der Waals surface area contributed by atoms with Crippen LogP contribution in [0, 0.1) is 0 Å². The lowest BCUT2D eigenvalue weighted by atomic mass is 10.1. The van der Waals surface area contributed by atoms with Gasteiger partial charge in [-0.15, -0.1) is 0 Å². The molecule has 3 aromatic rings. The van der Waals surface area contributed by atoms with E-state index in [-0.39, 0.29) is 17.7 Å². The molecule has 0 unspecified atom stereocenters. The Balaban J connectivity index is 1.71. The van der Waals surface area contributed by atoms with Crippen LogP contribution in [0.5, 0.6) is 0 Å². The number of carbonyl (C=O) groups excluding carboxylic acids is 1. The minimum Gasteiger partial charge on any atom is -0.459 e. The first-order valence-corrected chi connectivity index (χ1v) is 7.68. The predicted octanol–water partition coefficient (Wildman–Crippen LogP) is 4.15. The number of hydrogen-bond donors (Lipinski definition) is 2. The van der Waals surface area contributed by atoms with Crippen LogP contribution in [-0.4, -0.2) is 15.9 Å². The third-order valence-electron chi connectivity index (χ3n) is 3.36. The van der Waals surface area contributed by atoms with E-state index in [0.29, 0.717) is 16.7 Å². The molecule has 2 N–H and O–H groups in total. The van der Waals surface area contributed by atoms with Crippen LogP contribution in [0.2, 0.25) is 5.15 Å². The van der Waals surface area contributed by atoms with Crippen molar-refractivity contribution in [2.45, 2.75) is 13.0 Å². The number of halogens is 1. The van der Waals surface area contributed by atoms with Crippen molar-refractivity contribution in [1.82, 2.24) is 9.97 Å². The summed E-state index contributed by atoms with van der Waals surface area (Å²) in [5.41, 5.74) is 1.66. The van der Waals surface area contributed by atoms with Crippen molar-refractivity contribution < 1.29 is 9.21 Å². The van der Waals surface area contributed by atoms with E-state index in [0.717, 1.165) is 5.56 Å². The molecule has 1 aromatic carbocycles. The van der Waals surface area contributed by atoms with Crippen molar-refractivity contribution in [2.24, 2.45) is 0 Å². The zero-order chi connectivity index (χ0) is 16.9. The molecule has 0 bridgehead atoms. The van der Waals surface area contributed by atoms with Crippen molar-refractivity contribution in [3.05, 3.63) is 71.5 Å². The molecule has 0 aliphatic heterocycles. The van der Waals surface area contributed by atoms with Crippen LogP contribution in [0.4, 0.5) is 11.5 Å². The number of aromatic nitrogens is 2. The molecule has 0 saturated heterocycles. The van der Waals surface area contributed by atoms with E-state index < -0.39 is 0 Å². The Labute approximate surface area is 143 Å². The average molecular weight is 343 g/mol. The van der Waals surface area contributed by atoms with Crippen LogP contribution >= 0.6 is 11.6 Å². The summed E-state index contributed by atoms with van der Waals surface area (Å²) in [7, 11) is 0. The molecular weight excluding hydrogens is 328 g/mol. The van der Waals surface area contributed by atoms with Crippen molar-refractivity contribution in [3.8, 4) is 0 Å². The van der Waals surface area contributed by atoms with Gasteiger partial charge in [0.1, 0.15) is 11.0 Å². The van der Waals surface area contributed by atoms with Gasteiger partial charge in [-0.25, -0.2) is 4.98 Å². The van der Waals surface area contributed by atoms with Crippen LogP contribution < -0.4 is 10.6 Å². The standard InChI is InChI=1S/C17H15ClN4O2/c1-11(20-16-10-19-9-15(18)22-16)12-4-2-5-13(8-12)21-17(23)14-6-3-7-24-14/h2-11H,1H3,(H,20,22)(H,21,23)/t11-/m0/s1. The molecule has 2 heterocycles. The summed E-state index contributed by atoms with van der Waals surface area (Å²) in [6.07, 6.45) is 4.54. The maximum atomic E-state index is 12.0. The summed E-state index contributed by atoms with van der Waals surface area (Å²) in [6, 6.07) is 10.8. The van der Waals surface area contributed by atoms with E-state index in [1.807, 2.05) is 31.2 Å². The van der Waals surface area contributed by atoms with Gasteiger partial charge in [0, 0.05) is 5.69 Å². The summed E-state index contributed by atoms with van der Waals surface area (Å²) in [6.45, 7) is 1.98. The molecule has 7 heteroatoms. The molecule has 0 aliphatic rings. The first kappa shape index (κ1) is 16.0. The second kappa shape index (κ2) is 7.14. The van der Waals surface area contributed by atoms with E-state index >= 15 is 0 Å². The zero-order valence-corrected chi connectivity index (χ0v) is 13.6. The van der Waals surface area contributed by atoms with E-state index in [2.05, 4.69) is 20.6 Å². The van der Waals surface area contributed by atoms with Crippen molar-refractivity contribution in [3.63, 3.8) is 0 Å². The van der Waals surface area contributed by atoms with Crippen LogP contribution in [0.15, 0.2) is 59.5 Å². The van der Waals surface area contributed by atoms with Gasteiger partial charge in [-0.1, -0.05) is 23.7 Å². The SMILES string of the molecule is C[C@H](Nc1cncc(Cl)n1)c1cccc(NC(=O)c2ccco2)c1. The first-order valence-electron chi connectivity index (χ1n) is 7.31. The molecule has 122 valence electrons. The van der Waals surface area contributed by atoms with E-state index in [4.69, 9.17) is 16.0 Å². The Hall–Kier alpha value is -2.86. The Morgan fingerprint density at radius 2 is 2.12 bits per heavy atom.